The first kappa shape index (κ1) is 15.3. The molecule has 1 heterocycles. The standard InChI is InChI=1S/C12H15F3N2O2S/c1-7-6-8(16)4-5-17(7)20(18,19)10-3-2-9(13)11(14)12(10)15/h2-3,7-8H,4-6,16H2,1H3. The highest BCUT2D eigenvalue weighted by Crippen LogP contribution is 2.27. The molecule has 20 heavy (non-hydrogen) atoms. The summed E-state index contributed by atoms with van der Waals surface area (Å²) in [5.41, 5.74) is 5.74. The summed E-state index contributed by atoms with van der Waals surface area (Å²) in [5.74, 6) is -4.89. The van der Waals surface area contributed by atoms with Crippen molar-refractivity contribution in [3.05, 3.63) is 29.6 Å². The van der Waals surface area contributed by atoms with Crippen LogP contribution in [0, 0.1) is 17.5 Å². The molecule has 1 fully saturated rings. The molecular formula is C12H15F3N2O2S. The monoisotopic (exact) mass is 308 g/mol. The maximum atomic E-state index is 13.7. The average molecular weight is 308 g/mol. The van der Waals surface area contributed by atoms with Gasteiger partial charge in [0.2, 0.25) is 10.0 Å². The van der Waals surface area contributed by atoms with Crippen molar-refractivity contribution in [2.45, 2.75) is 36.7 Å². The number of hydrogen-bond donors (Lipinski definition) is 1. The molecule has 0 bridgehead atoms. The predicted octanol–water partition coefficient (Wildman–Crippen LogP) is 1.60. The van der Waals surface area contributed by atoms with Gasteiger partial charge in [0.05, 0.1) is 0 Å². The molecule has 1 aliphatic rings. The molecule has 0 amide bonds. The van der Waals surface area contributed by atoms with Crippen molar-refractivity contribution in [3.63, 3.8) is 0 Å². The average Bonchev–Trinajstić information content (AvgIpc) is 2.35. The Labute approximate surface area is 115 Å². The molecule has 4 nitrogen and oxygen atoms in total. The van der Waals surface area contributed by atoms with Crippen molar-refractivity contribution in [1.29, 1.82) is 0 Å². The molecule has 0 saturated carbocycles. The normalized spacial score (nSPS) is 24.9. The Morgan fingerprint density at radius 1 is 1.25 bits per heavy atom. The topological polar surface area (TPSA) is 63.4 Å². The number of sulfonamides is 1. The van der Waals surface area contributed by atoms with Gasteiger partial charge in [0, 0.05) is 18.6 Å². The van der Waals surface area contributed by atoms with Crippen molar-refractivity contribution < 1.29 is 21.6 Å². The van der Waals surface area contributed by atoms with Gasteiger partial charge in [0.15, 0.2) is 17.5 Å². The number of rotatable bonds is 2. The van der Waals surface area contributed by atoms with E-state index in [1.54, 1.807) is 6.92 Å². The smallest absolute Gasteiger partial charge is 0.246 e. The Morgan fingerprint density at radius 3 is 2.50 bits per heavy atom. The molecule has 2 atom stereocenters. The molecule has 0 aromatic heterocycles. The lowest BCUT2D eigenvalue weighted by molar-refractivity contribution is 0.246. The van der Waals surface area contributed by atoms with Gasteiger partial charge < -0.3 is 5.73 Å². The van der Waals surface area contributed by atoms with E-state index >= 15 is 0 Å². The van der Waals surface area contributed by atoms with Crippen LogP contribution < -0.4 is 5.73 Å². The molecule has 112 valence electrons. The molecule has 1 aliphatic heterocycles. The van der Waals surface area contributed by atoms with E-state index < -0.39 is 38.4 Å². The number of nitrogens with zero attached hydrogens (tertiary/aromatic N) is 1. The van der Waals surface area contributed by atoms with E-state index in [-0.39, 0.29) is 12.6 Å². The number of piperidine rings is 1. The van der Waals surface area contributed by atoms with Crippen LogP contribution >= 0.6 is 0 Å². The molecule has 8 heteroatoms. The Morgan fingerprint density at radius 2 is 1.90 bits per heavy atom. The molecule has 2 unspecified atom stereocenters. The van der Waals surface area contributed by atoms with Crippen LogP contribution in [0.3, 0.4) is 0 Å². The minimum atomic E-state index is -4.21. The first-order chi connectivity index (χ1) is 9.25. The van der Waals surface area contributed by atoms with Gasteiger partial charge in [0.1, 0.15) is 4.90 Å². The van der Waals surface area contributed by atoms with Crippen LogP contribution in [0.1, 0.15) is 19.8 Å². The largest absolute Gasteiger partial charge is 0.328 e. The van der Waals surface area contributed by atoms with Gasteiger partial charge in [0.25, 0.3) is 0 Å². The Kier molecular flexibility index (Phi) is 4.08. The highest BCUT2D eigenvalue weighted by Gasteiger charge is 2.36. The van der Waals surface area contributed by atoms with Gasteiger partial charge in [-0.15, -0.1) is 0 Å². The second kappa shape index (κ2) is 5.34. The lowest BCUT2D eigenvalue weighted by Crippen LogP contribution is -2.48. The quantitative estimate of drug-likeness (QED) is 0.844. The second-order valence-electron chi connectivity index (χ2n) is 4.92. The molecule has 1 aromatic rings. The minimum Gasteiger partial charge on any atom is -0.328 e. The highest BCUT2D eigenvalue weighted by molar-refractivity contribution is 7.89. The molecule has 2 rings (SSSR count). The molecule has 0 aliphatic carbocycles. The lowest BCUT2D eigenvalue weighted by Gasteiger charge is -2.35. The fourth-order valence-corrected chi connectivity index (χ4v) is 4.09. The van der Waals surface area contributed by atoms with Crippen LogP contribution in [0.25, 0.3) is 0 Å². The molecule has 2 N–H and O–H groups in total. The van der Waals surface area contributed by atoms with E-state index in [0.717, 1.165) is 10.4 Å². The van der Waals surface area contributed by atoms with Crippen molar-refractivity contribution in [1.82, 2.24) is 4.31 Å². The number of halogens is 3. The van der Waals surface area contributed by atoms with E-state index in [4.69, 9.17) is 5.73 Å². The van der Waals surface area contributed by atoms with E-state index in [0.29, 0.717) is 18.9 Å². The Bertz CT molecular complexity index is 621. The summed E-state index contributed by atoms with van der Waals surface area (Å²) in [6.07, 6.45) is 0.874. The van der Waals surface area contributed by atoms with Crippen molar-refractivity contribution in [3.8, 4) is 0 Å². The zero-order valence-corrected chi connectivity index (χ0v) is 11.6. The first-order valence-corrected chi connectivity index (χ1v) is 7.60. The Hall–Kier alpha value is -1.12. The number of benzene rings is 1. The summed E-state index contributed by atoms with van der Waals surface area (Å²) >= 11 is 0. The predicted molar refractivity (Wildman–Crippen MR) is 66.9 cm³/mol. The van der Waals surface area contributed by atoms with Crippen LogP contribution in [0.4, 0.5) is 13.2 Å². The van der Waals surface area contributed by atoms with Gasteiger partial charge in [-0.1, -0.05) is 0 Å². The molecule has 0 spiro atoms. The lowest BCUT2D eigenvalue weighted by atomic mass is 10.0. The molecule has 1 aromatic carbocycles. The Balaban J connectivity index is 2.43. The van der Waals surface area contributed by atoms with Crippen molar-refractivity contribution in [2.75, 3.05) is 6.54 Å². The zero-order chi connectivity index (χ0) is 15.1. The number of nitrogens with two attached hydrogens (primary N) is 1. The van der Waals surface area contributed by atoms with Crippen LogP contribution in [0.2, 0.25) is 0 Å². The van der Waals surface area contributed by atoms with Gasteiger partial charge in [-0.05, 0) is 31.9 Å². The maximum absolute atomic E-state index is 13.7. The molecule has 0 radical (unpaired) electrons. The third-order valence-corrected chi connectivity index (χ3v) is 5.47. The van der Waals surface area contributed by atoms with Crippen LogP contribution in [0.5, 0.6) is 0 Å². The van der Waals surface area contributed by atoms with Crippen LogP contribution in [0.15, 0.2) is 17.0 Å². The zero-order valence-electron chi connectivity index (χ0n) is 10.8. The fraction of sp³-hybridized carbons (Fsp3) is 0.500. The van der Waals surface area contributed by atoms with Gasteiger partial charge in [-0.25, -0.2) is 21.6 Å². The van der Waals surface area contributed by atoms with E-state index in [9.17, 15) is 21.6 Å². The summed E-state index contributed by atoms with van der Waals surface area (Å²) in [4.78, 5) is -0.848. The summed E-state index contributed by atoms with van der Waals surface area (Å²) < 4.78 is 65.5. The third-order valence-electron chi connectivity index (χ3n) is 3.44. The van der Waals surface area contributed by atoms with E-state index in [1.807, 2.05) is 0 Å². The van der Waals surface area contributed by atoms with Gasteiger partial charge >= 0.3 is 0 Å². The third kappa shape index (κ3) is 2.55. The van der Waals surface area contributed by atoms with Crippen LogP contribution in [-0.4, -0.2) is 31.4 Å². The highest BCUT2D eigenvalue weighted by atomic mass is 32.2. The van der Waals surface area contributed by atoms with Gasteiger partial charge in [-0.2, -0.15) is 4.31 Å². The summed E-state index contributed by atoms with van der Waals surface area (Å²) in [5, 5.41) is 0. The second-order valence-corrected chi connectivity index (χ2v) is 6.78. The SMILES string of the molecule is CC1CC(N)CCN1S(=O)(=O)c1ccc(F)c(F)c1F. The summed E-state index contributed by atoms with van der Waals surface area (Å²) in [6.45, 7) is 1.78. The minimum absolute atomic E-state index is 0.119. The molecule has 1 saturated heterocycles. The number of hydrogen-bond acceptors (Lipinski definition) is 3. The van der Waals surface area contributed by atoms with Crippen molar-refractivity contribution in [2.24, 2.45) is 5.73 Å². The van der Waals surface area contributed by atoms with Crippen LogP contribution in [-0.2, 0) is 10.0 Å². The maximum Gasteiger partial charge on any atom is 0.246 e. The van der Waals surface area contributed by atoms with Gasteiger partial charge in [-0.3, -0.25) is 0 Å². The fourth-order valence-electron chi connectivity index (χ4n) is 2.38. The van der Waals surface area contributed by atoms with E-state index in [2.05, 4.69) is 0 Å². The summed E-state index contributed by atoms with van der Waals surface area (Å²) in [6, 6.07) is 0.804. The summed E-state index contributed by atoms with van der Waals surface area (Å²) in [7, 11) is -4.21. The molecular weight excluding hydrogens is 293 g/mol. The van der Waals surface area contributed by atoms with Crippen molar-refractivity contribution >= 4 is 10.0 Å². The van der Waals surface area contributed by atoms with E-state index in [1.165, 1.54) is 0 Å². The first-order valence-electron chi connectivity index (χ1n) is 6.16.